The summed E-state index contributed by atoms with van der Waals surface area (Å²) in [7, 11) is 0. The summed E-state index contributed by atoms with van der Waals surface area (Å²) in [6.07, 6.45) is 3.30. The molecule has 1 saturated carbocycles. The first-order valence-electron chi connectivity index (χ1n) is 7.30. The van der Waals surface area contributed by atoms with Gasteiger partial charge in [0.05, 0.1) is 6.10 Å². The minimum Gasteiger partial charge on any atom is -0.409 e. The molecule has 1 aliphatic carbocycles. The van der Waals surface area contributed by atoms with E-state index in [9.17, 15) is 4.79 Å². The van der Waals surface area contributed by atoms with Crippen LogP contribution in [0.1, 0.15) is 46.5 Å². The number of nitrogens with zero attached hydrogens (tertiary/aromatic N) is 1. The summed E-state index contributed by atoms with van der Waals surface area (Å²) < 4.78 is 5.43. The Hall–Kier alpha value is -1.30. The number of rotatable bonds is 8. The largest absolute Gasteiger partial charge is 0.409 e. The molecule has 0 saturated heterocycles. The molecule has 1 rings (SSSR count). The second kappa shape index (κ2) is 7.47. The Bertz CT molecular complexity index is 350. The van der Waals surface area contributed by atoms with Gasteiger partial charge in [0.25, 0.3) is 0 Å². The SMILES string of the molecule is CC1CC(C(=O)NCCCCOC(C)C)(C(N)=NO)C1. The zero-order valence-electron chi connectivity index (χ0n) is 12.7. The highest BCUT2D eigenvalue weighted by molar-refractivity contribution is 6.07. The molecule has 0 atom stereocenters. The van der Waals surface area contributed by atoms with Gasteiger partial charge in [0.2, 0.25) is 5.91 Å². The van der Waals surface area contributed by atoms with E-state index in [0.29, 0.717) is 31.9 Å². The normalized spacial score (nSPS) is 26.4. The predicted molar refractivity (Wildman–Crippen MR) is 77.6 cm³/mol. The zero-order valence-corrected chi connectivity index (χ0v) is 12.7. The summed E-state index contributed by atoms with van der Waals surface area (Å²) in [6.45, 7) is 7.35. The average molecular weight is 285 g/mol. The van der Waals surface area contributed by atoms with Crippen LogP contribution in [0.3, 0.4) is 0 Å². The second-order valence-electron chi connectivity index (χ2n) is 5.96. The molecule has 1 aliphatic rings. The average Bonchev–Trinajstić information content (AvgIpc) is 2.37. The highest BCUT2D eigenvalue weighted by Gasteiger charge is 2.51. The van der Waals surface area contributed by atoms with Crippen molar-refractivity contribution in [2.75, 3.05) is 13.2 Å². The minimum absolute atomic E-state index is 0.0243. The number of oxime groups is 1. The van der Waals surface area contributed by atoms with E-state index in [0.717, 1.165) is 12.8 Å². The van der Waals surface area contributed by atoms with Crippen molar-refractivity contribution in [3.63, 3.8) is 0 Å². The van der Waals surface area contributed by atoms with Crippen molar-refractivity contribution in [3.05, 3.63) is 0 Å². The van der Waals surface area contributed by atoms with Crippen molar-refractivity contribution >= 4 is 11.7 Å². The molecule has 0 unspecified atom stereocenters. The number of nitrogens with two attached hydrogens (primary N) is 1. The van der Waals surface area contributed by atoms with Crippen LogP contribution in [0.2, 0.25) is 0 Å². The first-order chi connectivity index (χ1) is 9.42. The Balaban J connectivity index is 2.31. The number of ether oxygens (including phenoxy) is 1. The molecule has 1 amide bonds. The maximum absolute atomic E-state index is 12.2. The first-order valence-corrected chi connectivity index (χ1v) is 7.30. The molecule has 6 heteroatoms. The molecule has 0 aromatic rings. The van der Waals surface area contributed by atoms with Crippen molar-refractivity contribution in [1.82, 2.24) is 5.32 Å². The second-order valence-corrected chi connectivity index (χ2v) is 5.96. The lowest BCUT2D eigenvalue weighted by atomic mass is 9.61. The van der Waals surface area contributed by atoms with Gasteiger partial charge in [-0.25, -0.2) is 0 Å². The van der Waals surface area contributed by atoms with Gasteiger partial charge in [-0.15, -0.1) is 0 Å². The van der Waals surface area contributed by atoms with Gasteiger partial charge in [-0.2, -0.15) is 0 Å². The van der Waals surface area contributed by atoms with Crippen LogP contribution in [0.5, 0.6) is 0 Å². The maximum atomic E-state index is 12.2. The number of hydrogen-bond donors (Lipinski definition) is 3. The number of carbonyl (C=O) groups excluding carboxylic acids is 1. The third kappa shape index (κ3) is 4.10. The van der Waals surface area contributed by atoms with Gasteiger partial charge in [-0.3, -0.25) is 4.79 Å². The summed E-state index contributed by atoms with van der Waals surface area (Å²) in [5.74, 6) is 0.326. The fraction of sp³-hybridized carbons (Fsp3) is 0.857. The summed E-state index contributed by atoms with van der Waals surface area (Å²) in [4.78, 5) is 12.2. The lowest BCUT2D eigenvalue weighted by Gasteiger charge is -2.43. The molecule has 0 aromatic carbocycles. The monoisotopic (exact) mass is 285 g/mol. The van der Waals surface area contributed by atoms with Gasteiger partial charge < -0.3 is 21.0 Å². The molecule has 4 N–H and O–H groups in total. The topological polar surface area (TPSA) is 96.9 Å². The molecule has 0 radical (unpaired) electrons. The third-order valence-electron chi connectivity index (χ3n) is 3.73. The van der Waals surface area contributed by atoms with Gasteiger partial charge in [0, 0.05) is 13.2 Å². The first kappa shape index (κ1) is 16.8. The van der Waals surface area contributed by atoms with Crippen LogP contribution in [0.15, 0.2) is 5.16 Å². The van der Waals surface area contributed by atoms with E-state index < -0.39 is 5.41 Å². The summed E-state index contributed by atoms with van der Waals surface area (Å²) >= 11 is 0. The highest BCUT2D eigenvalue weighted by atomic mass is 16.5. The molecule has 6 nitrogen and oxygen atoms in total. The van der Waals surface area contributed by atoms with E-state index >= 15 is 0 Å². The lowest BCUT2D eigenvalue weighted by Crippen LogP contribution is -2.56. The number of carbonyl (C=O) groups is 1. The molecule has 0 aromatic heterocycles. The van der Waals surface area contributed by atoms with Crippen LogP contribution < -0.4 is 11.1 Å². The number of amides is 1. The summed E-state index contributed by atoms with van der Waals surface area (Å²) in [5, 5.41) is 14.7. The van der Waals surface area contributed by atoms with E-state index in [1.54, 1.807) is 0 Å². The van der Waals surface area contributed by atoms with Crippen molar-refractivity contribution in [3.8, 4) is 0 Å². The Morgan fingerprint density at radius 1 is 1.50 bits per heavy atom. The van der Waals surface area contributed by atoms with Crippen LogP contribution in [-0.2, 0) is 9.53 Å². The van der Waals surface area contributed by atoms with Gasteiger partial charge in [0.1, 0.15) is 5.41 Å². The molecule has 1 fully saturated rings. The number of hydrogen-bond acceptors (Lipinski definition) is 4. The summed E-state index contributed by atoms with van der Waals surface area (Å²) in [6, 6.07) is 0. The third-order valence-corrected chi connectivity index (χ3v) is 3.73. The standard InChI is InChI=1S/C14H27N3O3/c1-10(2)20-7-5-4-6-16-13(18)14(12(15)17-19)8-11(3)9-14/h10-11,19H,4-9H2,1-3H3,(H2,15,17)(H,16,18). The quantitative estimate of drug-likeness (QED) is 0.207. The van der Waals surface area contributed by atoms with E-state index in [1.807, 2.05) is 13.8 Å². The number of amidine groups is 1. The predicted octanol–water partition coefficient (Wildman–Crippen LogP) is 1.47. The highest BCUT2D eigenvalue weighted by Crippen LogP contribution is 2.45. The fourth-order valence-electron chi connectivity index (χ4n) is 2.65. The lowest BCUT2D eigenvalue weighted by molar-refractivity contribution is -0.133. The number of nitrogens with one attached hydrogen (secondary N) is 1. The molecule has 116 valence electrons. The molecular formula is C14H27N3O3. The van der Waals surface area contributed by atoms with Crippen LogP contribution in [0, 0.1) is 11.3 Å². The Kier molecular flexibility index (Phi) is 6.26. The van der Waals surface area contributed by atoms with Gasteiger partial charge in [-0.05, 0) is 45.4 Å². The number of unbranched alkanes of at least 4 members (excludes halogenated alkanes) is 1. The van der Waals surface area contributed by atoms with E-state index in [-0.39, 0.29) is 17.8 Å². The van der Waals surface area contributed by atoms with Gasteiger partial charge in [-0.1, -0.05) is 12.1 Å². The molecular weight excluding hydrogens is 258 g/mol. The molecule has 0 heterocycles. The van der Waals surface area contributed by atoms with Crippen LogP contribution in [-0.4, -0.2) is 36.2 Å². The minimum atomic E-state index is -0.803. The molecule has 0 aliphatic heterocycles. The van der Waals surface area contributed by atoms with E-state index in [2.05, 4.69) is 17.4 Å². The zero-order chi connectivity index (χ0) is 15.2. The van der Waals surface area contributed by atoms with Gasteiger partial charge >= 0.3 is 0 Å². The maximum Gasteiger partial charge on any atom is 0.233 e. The van der Waals surface area contributed by atoms with Crippen LogP contribution in [0.4, 0.5) is 0 Å². The van der Waals surface area contributed by atoms with Crippen molar-refractivity contribution in [1.29, 1.82) is 0 Å². The summed E-state index contributed by atoms with van der Waals surface area (Å²) in [5.41, 5.74) is 4.88. The van der Waals surface area contributed by atoms with E-state index in [1.165, 1.54) is 0 Å². The van der Waals surface area contributed by atoms with Gasteiger partial charge in [0.15, 0.2) is 5.84 Å². The van der Waals surface area contributed by atoms with Crippen LogP contribution >= 0.6 is 0 Å². The molecule has 20 heavy (non-hydrogen) atoms. The van der Waals surface area contributed by atoms with E-state index in [4.69, 9.17) is 15.7 Å². The van der Waals surface area contributed by atoms with Crippen molar-refractivity contribution in [2.45, 2.75) is 52.6 Å². The molecule has 0 bridgehead atoms. The smallest absolute Gasteiger partial charge is 0.233 e. The fourth-order valence-corrected chi connectivity index (χ4v) is 2.65. The Morgan fingerprint density at radius 3 is 2.65 bits per heavy atom. The van der Waals surface area contributed by atoms with Crippen molar-refractivity contribution < 1.29 is 14.7 Å². The Morgan fingerprint density at radius 2 is 2.15 bits per heavy atom. The van der Waals surface area contributed by atoms with Crippen molar-refractivity contribution in [2.24, 2.45) is 22.2 Å². The Labute approximate surface area is 120 Å². The van der Waals surface area contributed by atoms with Crippen LogP contribution in [0.25, 0.3) is 0 Å². The molecule has 0 spiro atoms.